The zero-order valence-electron chi connectivity index (χ0n) is 28.2. The standard InChI is InChI=1S/C48H27N3OS/c1-2-12-28(13-3-1)37-25-31(27-42-44(37)38-24-29-14-4-5-15-30(29)26-41(38)52-42)45-36-18-6-9-19-39(36)49-48(50-45)51-40-20-10-7-16-32(40)34-22-23-35-33-17-8-11-21-43(33)53-47(35)46(34)51/h1-27H. The third-order valence-corrected chi connectivity index (χ3v) is 12.0. The van der Waals surface area contributed by atoms with Crippen LogP contribution in [0.4, 0.5) is 0 Å². The average molecular weight is 694 g/mol. The first-order valence-electron chi connectivity index (χ1n) is 17.8. The summed E-state index contributed by atoms with van der Waals surface area (Å²) < 4.78 is 11.5. The fourth-order valence-corrected chi connectivity index (χ4v) is 9.64. The smallest absolute Gasteiger partial charge is 0.235 e. The molecule has 0 saturated heterocycles. The Bertz CT molecular complexity index is 3460. The highest BCUT2D eigenvalue weighted by molar-refractivity contribution is 7.26. The van der Waals surface area contributed by atoms with Crippen molar-refractivity contribution in [1.29, 1.82) is 0 Å². The number of rotatable bonds is 3. The highest BCUT2D eigenvalue weighted by atomic mass is 32.1. The lowest BCUT2D eigenvalue weighted by molar-refractivity contribution is 0.669. The first-order chi connectivity index (χ1) is 26.3. The molecule has 0 aliphatic rings. The second kappa shape index (κ2) is 10.8. The van der Waals surface area contributed by atoms with Gasteiger partial charge >= 0.3 is 0 Å². The van der Waals surface area contributed by atoms with Crippen molar-refractivity contribution < 1.29 is 4.42 Å². The van der Waals surface area contributed by atoms with Crippen molar-refractivity contribution >= 4 is 96.9 Å². The van der Waals surface area contributed by atoms with E-state index < -0.39 is 0 Å². The van der Waals surface area contributed by atoms with E-state index in [1.165, 1.54) is 36.3 Å². The van der Waals surface area contributed by atoms with Gasteiger partial charge in [-0.25, -0.2) is 9.97 Å². The Kier molecular flexibility index (Phi) is 5.90. The van der Waals surface area contributed by atoms with Crippen LogP contribution < -0.4 is 0 Å². The van der Waals surface area contributed by atoms with E-state index in [1.54, 1.807) is 0 Å². The van der Waals surface area contributed by atoms with Gasteiger partial charge in [0, 0.05) is 48.0 Å². The number of para-hydroxylation sites is 2. The van der Waals surface area contributed by atoms with Crippen molar-refractivity contribution in [3.8, 4) is 28.3 Å². The third kappa shape index (κ3) is 4.17. The molecule has 0 saturated carbocycles. The Labute approximate surface area is 306 Å². The Morgan fingerprint density at radius 1 is 0.491 bits per heavy atom. The van der Waals surface area contributed by atoms with Crippen LogP contribution in [0.5, 0.6) is 0 Å². The molecule has 4 nitrogen and oxygen atoms in total. The summed E-state index contributed by atoms with van der Waals surface area (Å²) in [6, 6.07) is 58.1. The molecule has 0 N–H and O–H groups in total. The number of hydrogen-bond acceptors (Lipinski definition) is 4. The van der Waals surface area contributed by atoms with E-state index in [9.17, 15) is 0 Å². The molecule has 0 radical (unpaired) electrons. The number of aromatic nitrogens is 3. The first kappa shape index (κ1) is 28.8. The maximum atomic E-state index is 6.74. The van der Waals surface area contributed by atoms with Gasteiger partial charge in [-0.15, -0.1) is 11.3 Å². The lowest BCUT2D eigenvalue weighted by Gasteiger charge is -2.13. The van der Waals surface area contributed by atoms with E-state index in [1.807, 2.05) is 11.3 Å². The number of hydrogen-bond donors (Lipinski definition) is 0. The van der Waals surface area contributed by atoms with E-state index in [0.29, 0.717) is 5.95 Å². The molecule has 5 heteroatoms. The van der Waals surface area contributed by atoms with Crippen molar-refractivity contribution in [3.05, 3.63) is 164 Å². The normalized spacial score (nSPS) is 12.2. The number of fused-ring (bicyclic) bond motifs is 12. The minimum absolute atomic E-state index is 0.645. The fourth-order valence-electron chi connectivity index (χ4n) is 8.40. The molecule has 53 heavy (non-hydrogen) atoms. The maximum absolute atomic E-state index is 6.74. The van der Waals surface area contributed by atoms with E-state index in [2.05, 4.69) is 168 Å². The van der Waals surface area contributed by atoms with E-state index in [-0.39, 0.29) is 0 Å². The molecule has 4 aromatic heterocycles. The van der Waals surface area contributed by atoms with Gasteiger partial charge in [0.15, 0.2) is 0 Å². The summed E-state index contributed by atoms with van der Waals surface area (Å²) in [4.78, 5) is 10.8. The lowest BCUT2D eigenvalue weighted by Crippen LogP contribution is -2.03. The zero-order chi connectivity index (χ0) is 34.6. The molecule has 0 fully saturated rings. The highest BCUT2D eigenvalue weighted by Crippen LogP contribution is 2.45. The quantitative estimate of drug-likeness (QED) is 0.185. The second-order valence-corrected chi connectivity index (χ2v) is 14.8. The lowest BCUT2D eigenvalue weighted by atomic mass is 9.94. The number of nitrogens with zero attached hydrogens (tertiary/aromatic N) is 3. The van der Waals surface area contributed by atoms with Crippen LogP contribution in [0.1, 0.15) is 0 Å². The van der Waals surface area contributed by atoms with Gasteiger partial charge < -0.3 is 4.42 Å². The summed E-state index contributed by atoms with van der Waals surface area (Å²) in [5.41, 5.74) is 8.90. The summed E-state index contributed by atoms with van der Waals surface area (Å²) in [7, 11) is 0. The molecule has 12 aromatic rings. The largest absolute Gasteiger partial charge is 0.456 e. The van der Waals surface area contributed by atoms with Crippen LogP contribution in [-0.4, -0.2) is 14.5 Å². The van der Waals surface area contributed by atoms with Crippen molar-refractivity contribution in [2.24, 2.45) is 0 Å². The summed E-state index contributed by atoms with van der Waals surface area (Å²) in [6.45, 7) is 0. The molecule has 8 aromatic carbocycles. The van der Waals surface area contributed by atoms with Crippen LogP contribution in [-0.2, 0) is 0 Å². The highest BCUT2D eigenvalue weighted by Gasteiger charge is 2.22. The first-order valence-corrected chi connectivity index (χ1v) is 18.6. The molecular weight excluding hydrogens is 667 g/mol. The minimum Gasteiger partial charge on any atom is -0.456 e. The predicted molar refractivity (Wildman–Crippen MR) is 222 cm³/mol. The molecule has 0 aliphatic carbocycles. The van der Waals surface area contributed by atoms with Crippen molar-refractivity contribution in [2.75, 3.05) is 0 Å². The Morgan fingerprint density at radius 2 is 1.21 bits per heavy atom. The second-order valence-electron chi connectivity index (χ2n) is 13.7. The maximum Gasteiger partial charge on any atom is 0.235 e. The Balaban J connectivity index is 1.19. The number of benzene rings is 8. The van der Waals surface area contributed by atoms with Crippen LogP contribution in [0.3, 0.4) is 0 Å². The van der Waals surface area contributed by atoms with Gasteiger partial charge in [-0.05, 0) is 64.4 Å². The number of furan rings is 1. The van der Waals surface area contributed by atoms with Gasteiger partial charge in [0.25, 0.3) is 0 Å². The molecule has 4 heterocycles. The van der Waals surface area contributed by atoms with Crippen molar-refractivity contribution in [1.82, 2.24) is 14.5 Å². The molecule has 0 amide bonds. The van der Waals surface area contributed by atoms with Crippen LogP contribution >= 0.6 is 11.3 Å². The Hall–Kier alpha value is -6.82. The fraction of sp³-hybridized carbons (Fsp3) is 0. The summed E-state index contributed by atoms with van der Waals surface area (Å²) in [6.07, 6.45) is 0. The van der Waals surface area contributed by atoms with E-state index in [4.69, 9.17) is 14.4 Å². The molecule has 0 atom stereocenters. The summed E-state index contributed by atoms with van der Waals surface area (Å²) in [5.74, 6) is 0.645. The molecule has 12 rings (SSSR count). The van der Waals surface area contributed by atoms with E-state index >= 15 is 0 Å². The van der Waals surface area contributed by atoms with Gasteiger partial charge in [0.2, 0.25) is 5.95 Å². The molecule has 0 spiro atoms. The average Bonchev–Trinajstić information content (AvgIpc) is 3.89. The van der Waals surface area contributed by atoms with Gasteiger partial charge in [0.1, 0.15) is 11.2 Å². The van der Waals surface area contributed by atoms with Gasteiger partial charge in [-0.2, -0.15) is 0 Å². The van der Waals surface area contributed by atoms with Crippen LogP contribution in [0.2, 0.25) is 0 Å². The van der Waals surface area contributed by atoms with Crippen LogP contribution in [0.15, 0.2) is 168 Å². The number of thiophene rings is 1. The third-order valence-electron chi connectivity index (χ3n) is 10.8. The monoisotopic (exact) mass is 693 g/mol. The van der Waals surface area contributed by atoms with Crippen molar-refractivity contribution in [2.45, 2.75) is 0 Å². The van der Waals surface area contributed by atoms with Crippen LogP contribution in [0, 0.1) is 0 Å². The molecule has 246 valence electrons. The van der Waals surface area contributed by atoms with Gasteiger partial charge in [-0.3, -0.25) is 4.57 Å². The summed E-state index contributed by atoms with van der Waals surface area (Å²) >= 11 is 1.83. The predicted octanol–water partition coefficient (Wildman–Crippen LogP) is 13.5. The molecule has 0 unspecified atom stereocenters. The van der Waals surface area contributed by atoms with Gasteiger partial charge in [0.05, 0.1) is 26.9 Å². The van der Waals surface area contributed by atoms with Gasteiger partial charge in [-0.1, -0.05) is 121 Å². The van der Waals surface area contributed by atoms with Crippen molar-refractivity contribution in [3.63, 3.8) is 0 Å². The SMILES string of the molecule is c1ccc(-c2cc(-c3nc(-n4c5ccccc5c5ccc6c7ccccc7sc6c54)nc4ccccc34)cc3oc4cc5ccccc5cc4c23)cc1. The molecule has 0 bridgehead atoms. The topological polar surface area (TPSA) is 43.9 Å². The van der Waals surface area contributed by atoms with E-state index in [0.717, 1.165) is 71.6 Å². The minimum atomic E-state index is 0.645. The Morgan fingerprint density at radius 3 is 2.09 bits per heavy atom. The molecular formula is C48H27N3OS. The zero-order valence-corrected chi connectivity index (χ0v) is 29.1. The van der Waals surface area contributed by atoms with Crippen LogP contribution in [0.25, 0.3) is 114 Å². The molecule has 0 aliphatic heterocycles. The summed E-state index contributed by atoms with van der Waals surface area (Å²) in [5, 5.41) is 10.4.